The van der Waals surface area contributed by atoms with Gasteiger partial charge in [-0.3, -0.25) is 5.32 Å². The lowest BCUT2D eigenvalue weighted by atomic mass is 9.83. The molecule has 0 saturated heterocycles. The molecule has 1 aliphatic carbocycles. The predicted molar refractivity (Wildman–Crippen MR) is 129 cm³/mol. The molecule has 0 bridgehead atoms. The Morgan fingerprint density at radius 1 is 1.03 bits per heavy atom. The molecular weight excluding hydrogens is 440 g/mol. The molecule has 1 rings (SSSR count). The van der Waals surface area contributed by atoms with E-state index in [1.54, 1.807) is 19.9 Å². The molecule has 2 unspecified atom stereocenters. The van der Waals surface area contributed by atoms with Crippen molar-refractivity contribution >= 4 is 18.2 Å². The largest absolute Gasteiger partial charge is 0.508 e. The van der Waals surface area contributed by atoms with E-state index in [0.29, 0.717) is 25.8 Å². The zero-order chi connectivity index (χ0) is 25.2. The number of rotatable bonds is 15. The summed E-state index contributed by atoms with van der Waals surface area (Å²) >= 11 is 0. The molecule has 34 heavy (non-hydrogen) atoms. The summed E-state index contributed by atoms with van der Waals surface area (Å²) in [6.45, 7) is 4.45. The van der Waals surface area contributed by atoms with Crippen molar-refractivity contribution in [3.63, 3.8) is 0 Å². The highest BCUT2D eigenvalue weighted by Gasteiger charge is 2.28. The summed E-state index contributed by atoms with van der Waals surface area (Å²) in [4.78, 5) is 36.3. The van der Waals surface area contributed by atoms with Gasteiger partial charge in [-0.15, -0.1) is 0 Å². The highest BCUT2D eigenvalue weighted by atomic mass is 16.7. The average molecular weight is 485 g/mol. The summed E-state index contributed by atoms with van der Waals surface area (Å²) < 4.78 is 20.7. The van der Waals surface area contributed by atoms with Crippen LogP contribution < -0.4 is 11.1 Å². The van der Waals surface area contributed by atoms with E-state index in [1.807, 2.05) is 0 Å². The monoisotopic (exact) mass is 484 g/mol. The van der Waals surface area contributed by atoms with Crippen LogP contribution >= 0.6 is 0 Å². The van der Waals surface area contributed by atoms with Gasteiger partial charge >= 0.3 is 18.2 Å². The van der Waals surface area contributed by atoms with Gasteiger partial charge in [0.25, 0.3) is 0 Å². The molecule has 0 aliphatic heterocycles. The van der Waals surface area contributed by atoms with Gasteiger partial charge in [-0.2, -0.15) is 0 Å². The van der Waals surface area contributed by atoms with Gasteiger partial charge < -0.3 is 24.7 Å². The van der Waals surface area contributed by atoms with Gasteiger partial charge in [0.1, 0.15) is 17.9 Å². The van der Waals surface area contributed by atoms with Crippen LogP contribution in [0.25, 0.3) is 0 Å². The van der Waals surface area contributed by atoms with Crippen LogP contribution in [-0.2, 0) is 23.7 Å². The quantitative estimate of drug-likeness (QED) is 0.144. The van der Waals surface area contributed by atoms with E-state index < -0.39 is 24.3 Å². The Morgan fingerprint density at radius 3 is 2.38 bits per heavy atom. The molecule has 0 radical (unpaired) electrons. The first kappa shape index (κ1) is 29.7. The number of esters is 1. The van der Waals surface area contributed by atoms with Gasteiger partial charge in [0.05, 0.1) is 13.7 Å². The molecule has 0 aromatic heterocycles. The Hall–Kier alpha value is -2.29. The molecule has 9 nitrogen and oxygen atoms in total. The Morgan fingerprint density at radius 2 is 1.74 bits per heavy atom. The van der Waals surface area contributed by atoms with Gasteiger partial charge in [-0.25, -0.2) is 14.4 Å². The van der Waals surface area contributed by atoms with E-state index >= 15 is 0 Å². The number of amides is 1. The fraction of sp³-hybridized carbons (Fsp3) is 0.800. The van der Waals surface area contributed by atoms with Crippen molar-refractivity contribution in [2.75, 3.05) is 20.3 Å². The summed E-state index contributed by atoms with van der Waals surface area (Å²) in [5.41, 5.74) is 5.56. The van der Waals surface area contributed by atoms with Crippen molar-refractivity contribution in [2.24, 2.45) is 11.7 Å². The lowest BCUT2D eigenvalue weighted by Crippen LogP contribution is -2.33. The lowest BCUT2D eigenvalue weighted by Gasteiger charge is -2.30. The minimum atomic E-state index is -0.715. The molecule has 3 N–H and O–H groups in total. The van der Waals surface area contributed by atoms with E-state index in [9.17, 15) is 14.4 Å². The molecule has 0 aromatic rings. The predicted octanol–water partition coefficient (Wildman–Crippen LogP) is 4.97. The SMILES string of the molecule is CCOC(=O)OC(CCC(C)OC(=O)N/C(=C/CCCCCCN)C(=O)OC)C1CCCCC1. The van der Waals surface area contributed by atoms with E-state index in [4.69, 9.17) is 24.7 Å². The molecule has 0 aromatic carbocycles. The van der Waals surface area contributed by atoms with Crippen LogP contribution in [0, 0.1) is 5.92 Å². The van der Waals surface area contributed by atoms with Crippen molar-refractivity contribution in [1.82, 2.24) is 5.32 Å². The second kappa shape index (κ2) is 18.1. The fourth-order valence-electron chi connectivity index (χ4n) is 4.14. The summed E-state index contributed by atoms with van der Waals surface area (Å²) in [5.74, 6) is -0.329. The first-order chi connectivity index (χ1) is 16.4. The number of methoxy groups -OCH3 is 1. The lowest BCUT2D eigenvalue weighted by molar-refractivity contribution is -0.136. The first-order valence-electron chi connectivity index (χ1n) is 12.7. The van der Waals surface area contributed by atoms with Crippen LogP contribution in [0.5, 0.6) is 0 Å². The molecule has 196 valence electrons. The number of allylic oxidation sites excluding steroid dienone is 1. The number of hydrogen-bond donors (Lipinski definition) is 2. The average Bonchev–Trinajstić information content (AvgIpc) is 2.83. The molecule has 0 heterocycles. The number of hydrogen-bond acceptors (Lipinski definition) is 8. The second-order valence-electron chi connectivity index (χ2n) is 8.76. The smallest absolute Gasteiger partial charge is 0.464 e. The molecule has 0 spiro atoms. The van der Waals surface area contributed by atoms with E-state index in [-0.39, 0.29) is 24.3 Å². The van der Waals surface area contributed by atoms with E-state index in [0.717, 1.165) is 51.4 Å². The number of carbonyl (C=O) groups is 3. The van der Waals surface area contributed by atoms with E-state index in [2.05, 4.69) is 5.32 Å². The van der Waals surface area contributed by atoms with Crippen molar-refractivity contribution in [2.45, 2.75) is 103 Å². The third-order valence-corrected chi connectivity index (χ3v) is 6.00. The maximum atomic E-state index is 12.4. The third kappa shape index (κ3) is 12.8. The molecule has 9 heteroatoms. The van der Waals surface area contributed by atoms with Gasteiger partial charge in [-0.1, -0.05) is 38.2 Å². The number of alkyl carbamates (subject to hydrolysis) is 1. The standard InChI is InChI=1S/C25H44N2O7/c1-4-32-25(30)34-22(20-13-9-8-10-14-20)17-16-19(2)33-24(29)27-21(23(28)31-3)15-11-6-5-7-12-18-26/h15,19-20,22H,4-14,16-18,26H2,1-3H3,(H,27,29)/b21-15+. The first-order valence-corrected chi connectivity index (χ1v) is 12.7. The Balaban J connectivity index is 2.55. The minimum absolute atomic E-state index is 0.0734. The van der Waals surface area contributed by atoms with Crippen molar-refractivity contribution < 1.29 is 33.3 Å². The molecule has 1 fully saturated rings. The normalized spacial score (nSPS) is 16.3. The molecule has 1 aliphatic rings. The highest BCUT2D eigenvalue weighted by Crippen LogP contribution is 2.30. The van der Waals surface area contributed by atoms with E-state index in [1.165, 1.54) is 13.5 Å². The Kier molecular flexibility index (Phi) is 15.8. The summed E-state index contributed by atoms with van der Waals surface area (Å²) in [7, 11) is 1.27. The molecule has 2 atom stereocenters. The van der Waals surface area contributed by atoms with Crippen LogP contribution in [0.3, 0.4) is 0 Å². The Bertz CT molecular complexity index is 633. The second-order valence-corrected chi connectivity index (χ2v) is 8.76. The van der Waals surface area contributed by atoms with Crippen LogP contribution in [-0.4, -0.2) is 50.7 Å². The number of ether oxygens (including phenoxy) is 4. The maximum Gasteiger partial charge on any atom is 0.508 e. The van der Waals surface area contributed by atoms with Gasteiger partial charge in [0.15, 0.2) is 0 Å². The number of nitrogens with one attached hydrogen (secondary N) is 1. The fourth-order valence-corrected chi connectivity index (χ4v) is 4.14. The third-order valence-electron chi connectivity index (χ3n) is 6.00. The topological polar surface area (TPSA) is 126 Å². The van der Waals surface area contributed by atoms with Crippen LogP contribution in [0.15, 0.2) is 11.8 Å². The summed E-state index contributed by atoms with van der Waals surface area (Å²) in [6, 6.07) is 0. The Labute approximate surface area is 204 Å². The van der Waals surface area contributed by atoms with Crippen LogP contribution in [0.2, 0.25) is 0 Å². The van der Waals surface area contributed by atoms with Crippen molar-refractivity contribution in [3.8, 4) is 0 Å². The van der Waals surface area contributed by atoms with Crippen LogP contribution in [0.4, 0.5) is 9.59 Å². The van der Waals surface area contributed by atoms with Gasteiger partial charge in [0.2, 0.25) is 0 Å². The van der Waals surface area contributed by atoms with Crippen LogP contribution in [0.1, 0.15) is 90.9 Å². The molecular formula is C25H44N2O7. The van der Waals surface area contributed by atoms with Crippen molar-refractivity contribution in [3.05, 3.63) is 11.8 Å². The molecule has 1 saturated carbocycles. The van der Waals surface area contributed by atoms with Gasteiger partial charge in [-0.05, 0) is 71.3 Å². The summed E-state index contributed by atoms with van der Waals surface area (Å²) in [5, 5.41) is 2.50. The minimum Gasteiger partial charge on any atom is -0.464 e. The maximum absolute atomic E-state index is 12.4. The summed E-state index contributed by atoms with van der Waals surface area (Å²) in [6.07, 6.45) is 10.7. The number of nitrogens with two attached hydrogens (primary N) is 1. The zero-order valence-corrected chi connectivity index (χ0v) is 21.1. The molecule has 1 amide bonds. The zero-order valence-electron chi connectivity index (χ0n) is 21.1. The van der Waals surface area contributed by atoms with Crippen molar-refractivity contribution in [1.29, 1.82) is 0 Å². The number of unbranched alkanes of at least 4 members (excludes halogenated alkanes) is 4. The number of carbonyl (C=O) groups excluding carboxylic acids is 3. The highest BCUT2D eigenvalue weighted by molar-refractivity contribution is 5.92. The van der Waals surface area contributed by atoms with Gasteiger partial charge in [0, 0.05) is 0 Å².